The number of carbonyl (C=O) groups excluding carboxylic acids is 1. The molecule has 1 atom stereocenters. The van der Waals surface area contributed by atoms with E-state index < -0.39 is 18.0 Å². The molecule has 1 aliphatic rings. The highest BCUT2D eigenvalue weighted by Crippen LogP contribution is 2.21. The normalized spacial score (nSPS) is 19.9. The van der Waals surface area contributed by atoms with Gasteiger partial charge in [0.15, 0.2) is 0 Å². The van der Waals surface area contributed by atoms with E-state index in [0.717, 1.165) is 5.56 Å². The molecule has 1 aliphatic heterocycles. The molecule has 1 amide bonds. The number of hydrogen-bond donors (Lipinski definition) is 1. The van der Waals surface area contributed by atoms with E-state index in [9.17, 15) is 9.59 Å². The number of carboxylic acids is 1. The summed E-state index contributed by atoms with van der Waals surface area (Å²) >= 11 is 0. The number of anilines is 1. The van der Waals surface area contributed by atoms with Gasteiger partial charge in [-0.1, -0.05) is 17.7 Å². The number of benzene rings is 1. The third-order valence-electron chi connectivity index (χ3n) is 2.73. The van der Waals surface area contributed by atoms with Gasteiger partial charge in [-0.05, 0) is 19.1 Å². The van der Waals surface area contributed by atoms with Gasteiger partial charge in [0, 0.05) is 12.2 Å². The Morgan fingerprint density at radius 3 is 2.65 bits per heavy atom. The van der Waals surface area contributed by atoms with Crippen molar-refractivity contribution in [3.8, 4) is 0 Å². The van der Waals surface area contributed by atoms with Crippen LogP contribution in [0.2, 0.25) is 0 Å². The summed E-state index contributed by atoms with van der Waals surface area (Å²) in [6, 6.07) is 7.29. The van der Waals surface area contributed by atoms with E-state index in [1.807, 2.05) is 19.1 Å². The highest BCUT2D eigenvalue weighted by molar-refractivity contribution is 5.90. The number of amides is 1. The van der Waals surface area contributed by atoms with E-state index in [0.29, 0.717) is 5.69 Å². The summed E-state index contributed by atoms with van der Waals surface area (Å²) < 4.78 is 4.86. The molecule has 0 radical (unpaired) electrons. The second kappa shape index (κ2) is 4.45. The zero-order chi connectivity index (χ0) is 12.4. The molecule has 0 saturated carbocycles. The van der Waals surface area contributed by atoms with Crippen LogP contribution in [0.4, 0.5) is 10.5 Å². The number of ether oxygens (including phenoxy) is 1. The Morgan fingerprint density at radius 2 is 2.06 bits per heavy atom. The van der Waals surface area contributed by atoms with Crippen molar-refractivity contribution in [1.82, 2.24) is 0 Å². The second-order valence-corrected chi connectivity index (χ2v) is 4.06. The molecule has 0 aromatic heterocycles. The molecule has 0 bridgehead atoms. The quantitative estimate of drug-likeness (QED) is 0.846. The van der Waals surface area contributed by atoms with Crippen LogP contribution in [-0.2, 0) is 9.53 Å². The lowest BCUT2D eigenvalue weighted by molar-refractivity contribution is -0.143. The summed E-state index contributed by atoms with van der Waals surface area (Å²) in [6.45, 7) is 2.03. The molecule has 1 unspecified atom stereocenters. The van der Waals surface area contributed by atoms with Crippen LogP contribution in [0.25, 0.3) is 0 Å². The number of cyclic esters (lactones) is 1. The van der Waals surface area contributed by atoms with Crippen LogP contribution in [0.3, 0.4) is 0 Å². The molecule has 1 N–H and O–H groups in total. The molecular formula is C12H13NO4. The molecule has 0 spiro atoms. The number of rotatable bonds is 2. The molecule has 17 heavy (non-hydrogen) atoms. The van der Waals surface area contributed by atoms with Gasteiger partial charge in [0.25, 0.3) is 0 Å². The average molecular weight is 235 g/mol. The van der Waals surface area contributed by atoms with Gasteiger partial charge in [0.2, 0.25) is 0 Å². The van der Waals surface area contributed by atoms with E-state index in [-0.39, 0.29) is 13.2 Å². The molecule has 1 fully saturated rings. The highest BCUT2D eigenvalue weighted by Gasteiger charge is 2.32. The fourth-order valence-corrected chi connectivity index (χ4v) is 1.68. The first-order valence-electron chi connectivity index (χ1n) is 5.31. The Labute approximate surface area is 98.6 Å². The number of nitrogens with zero attached hydrogens (tertiary/aromatic N) is 1. The van der Waals surface area contributed by atoms with Crippen LogP contribution < -0.4 is 4.90 Å². The van der Waals surface area contributed by atoms with E-state index in [1.165, 1.54) is 4.90 Å². The van der Waals surface area contributed by atoms with Crippen LogP contribution in [0.15, 0.2) is 24.3 Å². The minimum atomic E-state index is -0.949. The van der Waals surface area contributed by atoms with Gasteiger partial charge in [-0.25, -0.2) is 4.79 Å². The average Bonchev–Trinajstić information content (AvgIpc) is 2.31. The first kappa shape index (κ1) is 11.4. The van der Waals surface area contributed by atoms with Crippen LogP contribution in [0, 0.1) is 12.8 Å². The molecule has 90 valence electrons. The number of aliphatic carboxylic acids is 1. The standard InChI is InChI=1S/C12H13NO4/c1-8-2-4-10(5-3-8)13-6-9(11(14)15)7-17-12(13)16/h2-5,9H,6-7H2,1H3,(H,14,15). The van der Waals surface area contributed by atoms with E-state index >= 15 is 0 Å². The molecule has 5 heteroatoms. The maximum Gasteiger partial charge on any atom is 0.414 e. The molecule has 1 saturated heterocycles. The first-order chi connectivity index (χ1) is 8.08. The number of aryl methyl sites for hydroxylation is 1. The van der Waals surface area contributed by atoms with Gasteiger partial charge < -0.3 is 9.84 Å². The summed E-state index contributed by atoms with van der Waals surface area (Å²) in [4.78, 5) is 23.8. The minimum Gasteiger partial charge on any atom is -0.481 e. The number of hydrogen-bond acceptors (Lipinski definition) is 3. The second-order valence-electron chi connectivity index (χ2n) is 4.06. The van der Waals surface area contributed by atoms with Crippen LogP contribution in [0.5, 0.6) is 0 Å². The lowest BCUT2D eigenvalue weighted by Gasteiger charge is -2.30. The van der Waals surface area contributed by atoms with Crippen molar-refractivity contribution in [2.24, 2.45) is 5.92 Å². The van der Waals surface area contributed by atoms with Crippen molar-refractivity contribution in [3.05, 3.63) is 29.8 Å². The Morgan fingerprint density at radius 1 is 1.41 bits per heavy atom. The molecule has 2 rings (SSSR count). The zero-order valence-electron chi connectivity index (χ0n) is 9.42. The molecular weight excluding hydrogens is 222 g/mol. The minimum absolute atomic E-state index is 0.0590. The summed E-state index contributed by atoms with van der Waals surface area (Å²) in [5.41, 5.74) is 1.74. The van der Waals surface area contributed by atoms with E-state index in [1.54, 1.807) is 12.1 Å². The third-order valence-corrected chi connectivity index (χ3v) is 2.73. The summed E-state index contributed by atoms with van der Waals surface area (Å²) in [7, 11) is 0. The van der Waals surface area contributed by atoms with Gasteiger partial charge in [-0.2, -0.15) is 0 Å². The summed E-state index contributed by atoms with van der Waals surface area (Å²) in [6.07, 6.45) is -0.494. The predicted molar refractivity (Wildman–Crippen MR) is 61.0 cm³/mol. The van der Waals surface area contributed by atoms with Gasteiger partial charge in [0.05, 0.1) is 0 Å². The Balaban J connectivity index is 2.20. The maximum atomic E-state index is 11.6. The van der Waals surface area contributed by atoms with Crippen molar-refractivity contribution >= 4 is 17.7 Å². The molecule has 1 heterocycles. The van der Waals surface area contributed by atoms with Gasteiger partial charge in [-0.15, -0.1) is 0 Å². The Hall–Kier alpha value is -2.04. The van der Waals surface area contributed by atoms with Crippen LogP contribution in [0.1, 0.15) is 5.56 Å². The smallest absolute Gasteiger partial charge is 0.414 e. The predicted octanol–water partition coefficient (Wildman–Crippen LogP) is 1.65. The fourth-order valence-electron chi connectivity index (χ4n) is 1.68. The van der Waals surface area contributed by atoms with Crippen LogP contribution >= 0.6 is 0 Å². The number of carboxylic acid groups (broad SMARTS) is 1. The third kappa shape index (κ3) is 2.38. The molecule has 1 aromatic rings. The monoisotopic (exact) mass is 235 g/mol. The van der Waals surface area contributed by atoms with E-state index in [2.05, 4.69) is 0 Å². The number of carbonyl (C=O) groups is 2. The van der Waals surface area contributed by atoms with Gasteiger partial charge in [0.1, 0.15) is 12.5 Å². The Kier molecular flexibility index (Phi) is 2.99. The van der Waals surface area contributed by atoms with Gasteiger partial charge >= 0.3 is 12.1 Å². The molecule has 5 nitrogen and oxygen atoms in total. The van der Waals surface area contributed by atoms with Crippen molar-refractivity contribution in [3.63, 3.8) is 0 Å². The Bertz CT molecular complexity index is 440. The van der Waals surface area contributed by atoms with Crippen molar-refractivity contribution in [1.29, 1.82) is 0 Å². The maximum absolute atomic E-state index is 11.6. The highest BCUT2D eigenvalue weighted by atomic mass is 16.6. The topological polar surface area (TPSA) is 66.8 Å². The largest absolute Gasteiger partial charge is 0.481 e. The summed E-state index contributed by atoms with van der Waals surface area (Å²) in [5.74, 6) is -1.62. The summed E-state index contributed by atoms with van der Waals surface area (Å²) in [5, 5.41) is 8.92. The first-order valence-corrected chi connectivity index (χ1v) is 5.31. The zero-order valence-corrected chi connectivity index (χ0v) is 9.42. The van der Waals surface area contributed by atoms with Crippen molar-refractivity contribution in [2.75, 3.05) is 18.1 Å². The lowest BCUT2D eigenvalue weighted by Crippen LogP contribution is -2.45. The van der Waals surface area contributed by atoms with Crippen molar-refractivity contribution < 1.29 is 19.4 Å². The molecule has 0 aliphatic carbocycles. The van der Waals surface area contributed by atoms with Crippen molar-refractivity contribution in [2.45, 2.75) is 6.92 Å². The fraction of sp³-hybridized carbons (Fsp3) is 0.333. The van der Waals surface area contributed by atoms with E-state index in [4.69, 9.17) is 9.84 Å². The van der Waals surface area contributed by atoms with Gasteiger partial charge in [-0.3, -0.25) is 9.69 Å². The molecule has 1 aromatic carbocycles. The SMILES string of the molecule is Cc1ccc(N2CC(C(=O)O)COC2=O)cc1. The lowest BCUT2D eigenvalue weighted by atomic mass is 10.1. The van der Waals surface area contributed by atoms with Crippen LogP contribution in [-0.4, -0.2) is 30.3 Å².